The van der Waals surface area contributed by atoms with E-state index in [9.17, 15) is 9.59 Å². The summed E-state index contributed by atoms with van der Waals surface area (Å²) in [6.07, 6.45) is 2.76. The first-order valence-electron chi connectivity index (χ1n) is 10.1. The fourth-order valence-corrected chi connectivity index (χ4v) is 3.64. The molecule has 1 atom stereocenters. The second kappa shape index (κ2) is 8.45. The molecule has 154 valence electrons. The molecule has 2 heterocycles. The van der Waals surface area contributed by atoms with Gasteiger partial charge in [0.25, 0.3) is 5.91 Å². The Labute approximate surface area is 173 Å². The first-order chi connectivity index (χ1) is 14.5. The highest BCUT2D eigenvalue weighted by Crippen LogP contribution is 2.24. The number of fused-ring (bicyclic) bond motifs is 2. The molecule has 4 aromatic rings. The van der Waals surface area contributed by atoms with Gasteiger partial charge < -0.3 is 19.5 Å². The minimum atomic E-state index is -0.675. The lowest BCUT2D eigenvalue weighted by atomic mass is 10.1. The predicted molar refractivity (Wildman–Crippen MR) is 117 cm³/mol. The van der Waals surface area contributed by atoms with Crippen molar-refractivity contribution in [2.75, 3.05) is 6.54 Å². The number of hydrogen-bond acceptors (Lipinski definition) is 4. The molecular weight excluding hydrogens is 380 g/mol. The third-order valence-electron chi connectivity index (χ3n) is 5.23. The third kappa shape index (κ3) is 4.08. The molecule has 1 amide bonds. The van der Waals surface area contributed by atoms with E-state index in [1.165, 1.54) is 11.5 Å². The zero-order chi connectivity index (χ0) is 21.1. The summed E-state index contributed by atoms with van der Waals surface area (Å²) in [6, 6.07) is 14.9. The summed E-state index contributed by atoms with van der Waals surface area (Å²) >= 11 is 0. The maximum absolute atomic E-state index is 12.4. The smallest absolute Gasteiger partial charge is 0.336 e. The highest BCUT2D eigenvalue weighted by atomic mass is 16.5. The quantitative estimate of drug-likeness (QED) is 0.457. The SMILES string of the molecule is CCc1cc(=O)oc2cc(O[C@@H](C)C(=O)NCCc3c[nH]c4ccccc34)ccc12. The van der Waals surface area contributed by atoms with Crippen LogP contribution in [0, 0.1) is 0 Å². The number of hydrogen-bond donors (Lipinski definition) is 2. The molecule has 0 bridgehead atoms. The second-order valence-corrected chi connectivity index (χ2v) is 7.26. The van der Waals surface area contributed by atoms with Crippen LogP contribution < -0.4 is 15.7 Å². The van der Waals surface area contributed by atoms with Gasteiger partial charge >= 0.3 is 5.63 Å². The molecule has 0 spiro atoms. The zero-order valence-corrected chi connectivity index (χ0v) is 17.0. The molecule has 0 saturated heterocycles. The van der Waals surface area contributed by atoms with Crippen molar-refractivity contribution in [1.82, 2.24) is 10.3 Å². The van der Waals surface area contributed by atoms with Gasteiger partial charge in [-0.1, -0.05) is 25.1 Å². The van der Waals surface area contributed by atoms with Crippen LogP contribution in [0.4, 0.5) is 0 Å². The van der Waals surface area contributed by atoms with Gasteiger partial charge in [0.15, 0.2) is 6.10 Å². The number of amides is 1. The second-order valence-electron chi connectivity index (χ2n) is 7.26. The van der Waals surface area contributed by atoms with E-state index in [0.29, 0.717) is 17.9 Å². The number of H-pyrrole nitrogens is 1. The van der Waals surface area contributed by atoms with Crippen molar-refractivity contribution in [1.29, 1.82) is 0 Å². The molecule has 0 aliphatic carbocycles. The Bertz CT molecular complexity index is 1260. The Morgan fingerprint density at radius 2 is 1.97 bits per heavy atom. The Kier molecular flexibility index (Phi) is 5.57. The van der Waals surface area contributed by atoms with Crippen LogP contribution in [0.5, 0.6) is 5.75 Å². The number of aromatic amines is 1. The standard InChI is InChI=1S/C24H24N2O4/c1-3-16-12-23(27)30-22-13-18(8-9-20(16)22)29-15(2)24(28)25-11-10-17-14-26-21-7-5-4-6-19(17)21/h4-9,12-15,26H,3,10-11H2,1-2H3,(H,25,28)/t15-/m0/s1. The van der Waals surface area contributed by atoms with Crippen molar-refractivity contribution in [2.24, 2.45) is 0 Å². The van der Waals surface area contributed by atoms with E-state index >= 15 is 0 Å². The van der Waals surface area contributed by atoms with Crippen molar-refractivity contribution >= 4 is 27.8 Å². The molecule has 0 aliphatic heterocycles. The van der Waals surface area contributed by atoms with Gasteiger partial charge in [-0.25, -0.2) is 4.79 Å². The van der Waals surface area contributed by atoms with Crippen molar-refractivity contribution < 1.29 is 13.9 Å². The molecule has 2 N–H and O–H groups in total. The van der Waals surface area contributed by atoms with Crippen molar-refractivity contribution in [3.05, 3.63) is 76.3 Å². The first kappa shape index (κ1) is 19.8. The molecule has 2 aromatic heterocycles. The maximum Gasteiger partial charge on any atom is 0.336 e. The average Bonchev–Trinajstić information content (AvgIpc) is 3.16. The van der Waals surface area contributed by atoms with Gasteiger partial charge in [-0.2, -0.15) is 0 Å². The molecule has 2 aromatic carbocycles. The molecule has 6 nitrogen and oxygen atoms in total. The Balaban J connectivity index is 1.38. The monoisotopic (exact) mass is 404 g/mol. The van der Waals surface area contributed by atoms with Gasteiger partial charge in [0, 0.05) is 41.2 Å². The summed E-state index contributed by atoms with van der Waals surface area (Å²) in [5.41, 5.74) is 3.25. The van der Waals surface area contributed by atoms with Crippen LogP contribution in [0.2, 0.25) is 0 Å². The molecule has 0 radical (unpaired) electrons. The Hall–Kier alpha value is -3.54. The van der Waals surface area contributed by atoms with Gasteiger partial charge in [0.2, 0.25) is 0 Å². The number of aromatic nitrogens is 1. The van der Waals surface area contributed by atoms with E-state index < -0.39 is 6.10 Å². The van der Waals surface area contributed by atoms with Crippen molar-refractivity contribution in [3.63, 3.8) is 0 Å². The van der Waals surface area contributed by atoms with E-state index in [2.05, 4.69) is 16.4 Å². The summed E-state index contributed by atoms with van der Waals surface area (Å²) in [5.74, 6) is 0.289. The highest BCUT2D eigenvalue weighted by Gasteiger charge is 2.15. The van der Waals surface area contributed by atoms with Gasteiger partial charge in [0.1, 0.15) is 11.3 Å². The Morgan fingerprint density at radius 1 is 1.13 bits per heavy atom. The van der Waals surface area contributed by atoms with Crippen LogP contribution in [0.1, 0.15) is 25.0 Å². The number of ether oxygens (including phenoxy) is 1. The predicted octanol–water partition coefficient (Wildman–Crippen LogP) is 3.96. The number of rotatable bonds is 7. The fraction of sp³-hybridized carbons (Fsp3) is 0.250. The number of nitrogens with one attached hydrogen (secondary N) is 2. The van der Waals surface area contributed by atoms with Gasteiger partial charge in [0.05, 0.1) is 0 Å². The van der Waals surface area contributed by atoms with Gasteiger partial charge in [-0.3, -0.25) is 4.79 Å². The number of para-hydroxylation sites is 1. The maximum atomic E-state index is 12.4. The lowest BCUT2D eigenvalue weighted by molar-refractivity contribution is -0.127. The van der Waals surface area contributed by atoms with Gasteiger partial charge in [-0.05, 0) is 49.1 Å². The first-order valence-corrected chi connectivity index (χ1v) is 10.1. The van der Waals surface area contributed by atoms with E-state index in [0.717, 1.165) is 34.9 Å². The number of carbonyl (C=O) groups is 1. The van der Waals surface area contributed by atoms with Crippen molar-refractivity contribution in [2.45, 2.75) is 32.8 Å². The molecule has 6 heteroatoms. The molecule has 30 heavy (non-hydrogen) atoms. The molecular formula is C24H24N2O4. The molecule has 0 unspecified atom stereocenters. The van der Waals surface area contributed by atoms with Crippen LogP contribution in [-0.2, 0) is 17.6 Å². The normalized spacial score (nSPS) is 12.2. The molecule has 4 rings (SSSR count). The van der Waals surface area contributed by atoms with Crippen LogP contribution in [-0.4, -0.2) is 23.5 Å². The van der Waals surface area contributed by atoms with E-state index in [-0.39, 0.29) is 11.5 Å². The summed E-state index contributed by atoms with van der Waals surface area (Å²) in [4.78, 5) is 27.4. The average molecular weight is 404 g/mol. The van der Waals surface area contributed by atoms with Crippen LogP contribution in [0.3, 0.4) is 0 Å². The lowest BCUT2D eigenvalue weighted by Crippen LogP contribution is -2.37. The minimum absolute atomic E-state index is 0.196. The largest absolute Gasteiger partial charge is 0.481 e. The summed E-state index contributed by atoms with van der Waals surface area (Å²) < 4.78 is 11.1. The van der Waals surface area contributed by atoms with Crippen LogP contribution in [0.25, 0.3) is 21.9 Å². The van der Waals surface area contributed by atoms with Crippen LogP contribution in [0.15, 0.2) is 63.9 Å². The van der Waals surface area contributed by atoms with E-state index in [1.54, 1.807) is 19.1 Å². The Morgan fingerprint density at radius 3 is 2.80 bits per heavy atom. The molecule has 0 saturated carbocycles. The fourth-order valence-electron chi connectivity index (χ4n) is 3.64. The van der Waals surface area contributed by atoms with Gasteiger partial charge in [-0.15, -0.1) is 0 Å². The third-order valence-corrected chi connectivity index (χ3v) is 5.23. The number of carbonyl (C=O) groups excluding carboxylic acids is 1. The van der Waals surface area contributed by atoms with E-state index in [1.807, 2.05) is 37.4 Å². The number of benzene rings is 2. The van der Waals surface area contributed by atoms with E-state index in [4.69, 9.17) is 9.15 Å². The summed E-state index contributed by atoms with van der Waals surface area (Å²) in [7, 11) is 0. The zero-order valence-electron chi connectivity index (χ0n) is 17.0. The lowest BCUT2D eigenvalue weighted by Gasteiger charge is -2.15. The van der Waals surface area contributed by atoms with Crippen molar-refractivity contribution in [3.8, 4) is 5.75 Å². The van der Waals surface area contributed by atoms with Crippen LogP contribution >= 0.6 is 0 Å². The molecule has 0 fully saturated rings. The minimum Gasteiger partial charge on any atom is -0.481 e. The highest BCUT2D eigenvalue weighted by molar-refractivity contribution is 5.84. The summed E-state index contributed by atoms with van der Waals surface area (Å²) in [5, 5.41) is 4.96. The number of aryl methyl sites for hydroxylation is 1. The molecule has 0 aliphatic rings. The topological polar surface area (TPSA) is 84.3 Å². The summed E-state index contributed by atoms with van der Waals surface area (Å²) in [6.45, 7) is 4.20.